The Morgan fingerprint density at radius 1 is 1.56 bits per heavy atom. The second-order valence-electron chi connectivity index (χ2n) is 3.49. The molecule has 54 valence electrons. The van der Waals surface area contributed by atoms with E-state index in [1.807, 2.05) is 7.05 Å². The highest BCUT2D eigenvalue weighted by molar-refractivity contribution is 4.55. The molecule has 1 heterocycles. The zero-order chi connectivity index (χ0) is 6.91. The first kappa shape index (κ1) is 7.03. The molecule has 2 unspecified atom stereocenters. The molecule has 0 amide bonds. The fraction of sp³-hybridized carbons (Fsp3) is 1.00. The molecule has 9 heavy (non-hydrogen) atoms. The van der Waals surface area contributed by atoms with Crippen LogP contribution in [0.15, 0.2) is 0 Å². The van der Waals surface area contributed by atoms with Gasteiger partial charge in [0, 0.05) is 5.92 Å². The summed E-state index contributed by atoms with van der Waals surface area (Å²) in [4.78, 5) is 0. The van der Waals surface area contributed by atoms with Gasteiger partial charge in [0.25, 0.3) is 0 Å². The van der Waals surface area contributed by atoms with Crippen LogP contribution in [-0.4, -0.2) is 30.0 Å². The van der Waals surface area contributed by atoms with Crippen LogP contribution in [0.25, 0.3) is 0 Å². The van der Waals surface area contributed by atoms with Crippen molar-refractivity contribution in [2.45, 2.75) is 19.8 Å². The van der Waals surface area contributed by atoms with Gasteiger partial charge in [-0.1, -0.05) is 6.92 Å². The number of likely N-dealkylation sites (tertiary alicyclic amines) is 1. The lowest BCUT2D eigenvalue weighted by Crippen LogP contribution is -2.47. The van der Waals surface area contributed by atoms with Gasteiger partial charge in [0.15, 0.2) is 0 Å². The van der Waals surface area contributed by atoms with E-state index in [0.29, 0.717) is 5.92 Å². The average molecular weight is 130 g/mol. The highest BCUT2D eigenvalue weighted by atomic mass is 16.5. The van der Waals surface area contributed by atoms with Crippen LogP contribution in [0.1, 0.15) is 19.8 Å². The first-order chi connectivity index (χ1) is 4.10. The summed E-state index contributed by atoms with van der Waals surface area (Å²) < 4.78 is 0.237. The average Bonchev–Trinajstić information content (AvgIpc) is 1.60. The van der Waals surface area contributed by atoms with Crippen molar-refractivity contribution in [3.05, 3.63) is 0 Å². The molecule has 1 rings (SSSR count). The molecule has 1 saturated heterocycles. The van der Waals surface area contributed by atoms with Crippen LogP contribution in [0.4, 0.5) is 0 Å². The molecule has 2 nitrogen and oxygen atoms in total. The van der Waals surface area contributed by atoms with Crippen LogP contribution in [0.3, 0.4) is 0 Å². The Balaban J connectivity index is 2.41. The number of nitrogens with zero attached hydrogens (tertiary/aromatic N) is 1. The number of piperidine rings is 1. The molecular weight excluding hydrogens is 114 g/mol. The lowest BCUT2D eigenvalue weighted by molar-refractivity contribution is -1.09. The molecule has 1 N–H and O–H groups in total. The normalized spacial score (nSPS) is 45.0. The molecule has 0 aromatic carbocycles. The van der Waals surface area contributed by atoms with E-state index in [2.05, 4.69) is 6.92 Å². The van der Waals surface area contributed by atoms with Crippen LogP contribution in [-0.2, 0) is 0 Å². The smallest absolute Gasteiger partial charge is 0.111 e. The Bertz CT molecular complexity index is 101. The van der Waals surface area contributed by atoms with E-state index >= 15 is 0 Å². The zero-order valence-corrected chi connectivity index (χ0v) is 6.30. The fourth-order valence-corrected chi connectivity index (χ4v) is 1.63. The van der Waals surface area contributed by atoms with E-state index in [1.165, 1.54) is 12.8 Å². The van der Waals surface area contributed by atoms with Gasteiger partial charge < -0.3 is 0 Å². The Morgan fingerprint density at radius 3 is 2.56 bits per heavy atom. The van der Waals surface area contributed by atoms with Crippen LogP contribution in [0.5, 0.6) is 0 Å². The van der Waals surface area contributed by atoms with E-state index in [1.54, 1.807) is 0 Å². The van der Waals surface area contributed by atoms with Gasteiger partial charge in [-0.2, -0.15) is 4.65 Å². The summed E-state index contributed by atoms with van der Waals surface area (Å²) >= 11 is 0. The SMILES string of the molecule is CC1CCC[N+](C)(O)C1. The van der Waals surface area contributed by atoms with Crippen molar-refractivity contribution in [2.75, 3.05) is 20.1 Å². The summed E-state index contributed by atoms with van der Waals surface area (Å²) in [5.41, 5.74) is 0. The molecule has 0 bridgehead atoms. The lowest BCUT2D eigenvalue weighted by Gasteiger charge is -2.32. The molecule has 1 aliphatic heterocycles. The van der Waals surface area contributed by atoms with E-state index in [-0.39, 0.29) is 4.65 Å². The van der Waals surface area contributed by atoms with Gasteiger partial charge in [0.2, 0.25) is 0 Å². The van der Waals surface area contributed by atoms with Crippen LogP contribution in [0, 0.1) is 5.92 Å². The van der Waals surface area contributed by atoms with Crippen molar-refractivity contribution < 1.29 is 9.85 Å². The van der Waals surface area contributed by atoms with Crippen molar-refractivity contribution in [1.82, 2.24) is 0 Å². The molecule has 0 aromatic rings. The maximum atomic E-state index is 9.48. The first-order valence-electron chi connectivity index (χ1n) is 3.67. The number of hydroxylamine groups is 3. The van der Waals surface area contributed by atoms with Gasteiger partial charge in [0.05, 0.1) is 7.05 Å². The van der Waals surface area contributed by atoms with E-state index in [4.69, 9.17) is 0 Å². The first-order valence-corrected chi connectivity index (χ1v) is 3.67. The second kappa shape index (κ2) is 2.27. The van der Waals surface area contributed by atoms with Gasteiger partial charge in [-0.3, -0.25) is 0 Å². The van der Waals surface area contributed by atoms with E-state index < -0.39 is 0 Å². The Hall–Kier alpha value is -0.0800. The third kappa shape index (κ3) is 1.95. The summed E-state index contributed by atoms with van der Waals surface area (Å²) in [6.07, 6.45) is 2.46. The number of quaternary nitrogens is 1. The molecule has 0 saturated carbocycles. The Labute approximate surface area is 56.6 Å². The molecule has 2 heteroatoms. The molecule has 1 fully saturated rings. The third-order valence-electron chi connectivity index (χ3n) is 2.04. The predicted molar refractivity (Wildman–Crippen MR) is 36.1 cm³/mol. The van der Waals surface area contributed by atoms with Gasteiger partial charge in [-0.25, -0.2) is 5.21 Å². The van der Waals surface area contributed by atoms with Crippen molar-refractivity contribution in [1.29, 1.82) is 0 Å². The summed E-state index contributed by atoms with van der Waals surface area (Å²) in [5, 5.41) is 9.48. The van der Waals surface area contributed by atoms with Crippen molar-refractivity contribution >= 4 is 0 Å². The van der Waals surface area contributed by atoms with E-state index in [0.717, 1.165) is 13.1 Å². The Morgan fingerprint density at radius 2 is 2.22 bits per heavy atom. The highest BCUT2D eigenvalue weighted by Gasteiger charge is 2.26. The Kier molecular flexibility index (Phi) is 1.78. The van der Waals surface area contributed by atoms with Crippen molar-refractivity contribution in [3.63, 3.8) is 0 Å². The lowest BCUT2D eigenvalue weighted by atomic mass is 10.0. The predicted octanol–water partition coefficient (Wildman–Crippen LogP) is 1.25. The molecule has 0 spiro atoms. The summed E-state index contributed by atoms with van der Waals surface area (Å²) in [6, 6.07) is 0. The highest BCUT2D eigenvalue weighted by Crippen LogP contribution is 2.18. The number of rotatable bonds is 0. The minimum absolute atomic E-state index is 0.237. The molecule has 0 radical (unpaired) electrons. The van der Waals surface area contributed by atoms with Gasteiger partial charge >= 0.3 is 0 Å². The monoisotopic (exact) mass is 130 g/mol. The second-order valence-corrected chi connectivity index (χ2v) is 3.49. The van der Waals surface area contributed by atoms with Gasteiger partial charge in [-0.05, 0) is 12.8 Å². The van der Waals surface area contributed by atoms with Crippen molar-refractivity contribution in [2.24, 2.45) is 5.92 Å². The maximum Gasteiger partial charge on any atom is 0.111 e. The van der Waals surface area contributed by atoms with Crippen LogP contribution < -0.4 is 0 Å². The summed E-state index contributed by atoms with van der Waals surface area (Å²) in [6.45, 7) is 4.07. The quantitative estimate of drug-likeness (QED) is 0.489. The van der Waals surface area contributed by atoms with Gasteiger partial charge in [0.1, 0.15) is 13.1 Å². The minimum atomic E-state index is 0.237. The molecule has 1 aliphatic rings. The zero-order valence-electron chi connectivity index (χ0n) is 6.30. The van der Waals surface area contributed by atoms with Crippen molar-refractivity contribution in [3.8, 4) is 0 Å². The molecular formula is C7H16NO+. The van der Waals surface area contributed by atoms with E-state index in [9.17, 15) is 5.21 Å². The number of hydrogen-bond donors (Lipinski definition) is 1. The standard InChI is InChI=1S/C7H16NO/c1-7-4-3-5-8(2,9)6-7/h7,9H,3-6H2,1-2H3/q+1. The summed E-state index contributed by atoms with van der Waals surface area (Å²) in [5.74, 6) is 0.703. The van der Waals surface area contributed by atoms with Crippen LogP contribution >= 0.6 is 0 Å². The largest absolute Gasteiger partial charge is 0.217 e. The minimum Gasteiger partial charge on any atom is -0.217 e. The maximum absolute atomic E-state index is 9.48. The molecule has 0 aromatic heterocycles. The molecule has 2 atom stereocenters. The third-order valence-corrected chi connectivity index (χ3v) is 2.04. The fourth-order valence-electron chi connectivity index (χ4n) is 1.63. The summed E-state index contributed by atoms with van der Waals surface area (Å²) in [7, 11) is 1.88. The number of hydrogen-bond acceptors (Lipinski definition) is 1. The topological polar surface area (TPSA) is 20.2 Å². The van der Waals surface area contributed by atoms with Gasteiger partial charge in [-0.15, -0.1) is 0 Å². The van der Waals surface area contributed by atoms with Crippen LogP contribution in [0.2, 0.25) is 0 Å². The molecule has 0 aliphatic carbocycles.